The average molecular weight is 336 g/mol. The van der Waals surface area contributed by atoms with E-state index >= 15 is 0 Å². The molecule has 0 saturated heterocycles. The van der Waals surface area contributed by atoms with E-state index in [9.17, 15) is 0 Å². The van der Waals surface area contributed by atoms with Crippen molar-refractivity contribution in [3.05, 3.63) is 53.1 Å². The van der Waals surface area contributed by atoms with E-state index in [0.29, 0.717) is 5.56 Å². The Morgan fingerprint density at radius 1 is 1.20 bits per heavy atom. The average Bonchev–Trinajstić information content (AvgIpc) is 2.94. The third-order valence-corrected chi connectivity index (χ3v) is 5.04. The molecule has 0 aliphatic carbocycles. The normalized spacial score (nSPS) is 16.4. The number of hydrogen-bond donors (Lipinski definition) is 0. The molecule has 0 saturated carbocycles. The number of furan rings is 1. The first kappa shape index (κ1) is 12.8. The van der Waals surface area contributed by atoms with Crippen molar-refractivity contribution in [2.75, 3.05) is 4.81 Å². The van der Waals surface area contributed by atoms with E-state index in [0.717, 1.165) is 39.3 Å². The molecule has 0 spiro atoms. The monoisotopic (exact) mass is 336 g/mol. The lowest BCUT2D eigenvalue weighted by molar-refractivity contribution is -0.670. The number of aromatic nitrogens is 2. The van der Waals surface area contributed by atoms with Gasteiger partial charge in [-0.05, 0) is 44.7 Å². The summed E-state index contributed by atoms with van der Waals surface area (Å²) in [5, 5.41) is 1.11. The highest BCUT2D eigenvalue weighted by Gasteiger charge is 2.41. The van der Waals surface area contributed by atoms with Gasteiger partial charge in [-0.25, -0.2) is 9.13 Å². The molecule has 4 rings (SSSR count). The van der Waals surface area contributed by atoms with E-state index in [-0.39, 0.29) is 6.85 Å². The van der Waals surface area contributed by atoms with Crippen LogP contribution >= 0.6 is 0 Å². The second-order valence-corrected chi connectivity index (χ2v) is 6.94. The second-order valence-electron chi connectivity index (χ2n) is 6.94. The molecule has 0 amide bonds. The number of nitrogens with zero attached hydrogens (tertiary/aromatic N) is 3. The fourth-order valence-electron chi connectivity index (χ4n) is 3.70. The molecule has 0 radical (unpaired) electrons. The van der Waals surface area contributed by atoms with Gasteiger partial charge in [0.25, 0.3) is 5.82 Å². The van der Waals surface area contributed by atoms with E-state index in [1.807, 2.05) is 48.6 Å². The zero-order valence-electron chi connectivity index (χ0n) is 18.3. The van der Waals surface area contributed by atoms with Crippen LogP contribution in [0.5, 0.6) is 0 Å². The van der Waals surface area contributed by atoms with E-state index in [1.165, 1.54) is 0 Å². The fourth-order valence-corrected chi connectivity index (χ4v) is 3.70. The van der Waals surface area contributed by atoms with Crippen molar-refractivity contribution in [2.45, 2.75) is 27.5 Å². The van der Waals surface area contributed by atoms with Crippen molar-refractivity contribution in [2.24, 2.45) is 14.1 Å². The standard InChI is InChI=1S/C20H24BN3O/c1-13-9-19(23(6)11-14(13)2)24-15(3)10-17-16-7-8-22(5)12-18(16)25-20(17)21(24)4/h7-12H,1-6H3/q+2/i2D3. The van der Waals surface area contributed by atoms with Crippen LogP contribution in [-0.4, -0.2) is 6.85 Å². The first-order valence-electron chi connectivity index (χ1n) is 9.98. The minimum atomic E-state index is -2.12. The summed E-state index contributed by atoms with van der Waals surface area (Å²) >= 11 is 0. The maximum absolute atomic E-state index is 7.76. The Morgan fingerprint density at radius 3 is 2.76 bits per heavy atom. The Hall–Kier alpha value is -2.56. The Kier molecular flexibility index (Phi) is 2.80. The molecule has 0 aromatic carbocycles. The minimum absolute atomic E-state index is 0.0121. The number of pyridine rings is 2. The highest BCUT2D eigenvalue weighted by molar-refractivity contribution is 6.76. The first-order chi connectivity index (χ1) is 13.1. The molecular formula is C20H24BN3O+2. The molecule has 4 nitrogen and oxygen atoms in total. The molecule has 5 heteroatoms. The molecular weight excluding hydrogens is 309 g/mol. The Balaban J connectivity index is 1.86. The van der Waals surface area contributed by atoms with Crippen LogP contribution in [0.25, 0.3) is 17.0 Å². The summed E-state index contributed by atoms with van der Waals surface area (Å²) in [7, 11) is 3.87. The van der Waals surface area contributed by atoms with Crippen LogP contribution in [0.3, 0.4) is 0 Å². The van der Waals surface area contributed by atoms with Gasteiger partial charge in [0.1, 0.15) is 12.7 Å². The van der Waals surface area contributed by atoms with E-state index in [4.69, 9.17) is 8.53 Å². The van der Waals surface area contributed by atoms with Crippen molar-refractivity contribution in [3.63, 3.8) is 0 Å². The van der Waals surface area contributed by atoms with Gasteiger partial charge in [-0.1, -0.05) is 0 Å². The van der Waals surface area contributed by atoms with Gasteiger partial charge < -0.3 is 4.42 Å². The van der Waals surface area contributed by atoms with E-state index in [1.54, 1.807) is 6.20 Å². The van der Waals surface area contributed by atoms with Crippen molar-refractivity contribution in [3.8, 4) is 0 Å². The van der Waals surface area contributed by atoms with Gasteiger partial charge in [0.05, 0.1) is 18.9 Å². The summed E-state index contributed by atoms with van der Waals surface area (Å²) in [6, 6.07) is 4.03. The summed E-state index contributed by atoms with van der Waals surface area (Å²) in [6.07, 6.45) is 7.87. The Bertz CT molecular complexity index is 1130. The van der Waals surface area contributed by atoms with Crippen molar-refractivity contribution < 1.29 is 17.7 Å². The van der Waals surface area contributed by atoms with Crippen molar-refractivity contribution in [1.29, 1.82) is 0 Å². The van der Waals surface area contributed by atoms with E-state index < -0.39 is 6.85 Å². The Labute approximate surface area is 153 Å². The van der Waals surface area contributed by atoms with Crippen LogP contribution in [0, 0.1) is 13.8 Å². The van der Waals surface area contributed by atoms with Crippen LogP contribution < -0.4 is 19.6 Å². The summed E-state index contributed by atoms with van der Waals surface area (Å²) in [6.45, 7) is 3.91. The molecule has 1 aliphatic rings. The lowest BCUT2D eigenvalue weighted by Crippen LogP contribution is -2.52. The van der Waals surface area contributed by atoms with Crippen LogP contribution in [0.2, 0.25) is 6.82 Å². The highest BCUT2D eigenvalue weighted by atomic mass is 16.3. The van der Waals surface area contributed by atoms with E-state index in [2.05, 4.69) is 30.7 Å². The SMILES string of the molecule is [2H]C([2H])([2H])c1c[n+](C)c(N2B(C)c3oc4c[n+](C)ccc4c3C=C2C)cc1C. The maximum atomic E-state index is 7.76. The largest absolute Gasteiger partial charge is 0.459 e. The molecule has 4 heterocycles. The Morgan fingerprint density at radius 2 is 2.00 bits per heavy atom. The number of fused-ring (bicyclic) bond motifs is 3. The summed E-state index contributed by atoms with van der Waals surface area (Å²) < 4.78 is 33.4. The third kappa shape index (κ3) is 2.37. The molecule has 0 unspecified atom stereocenters. The third-order valence-electron chi connectivity index (χ3n) is 5.04. The van der Waals surface area contributed by atoms with Gasteiger partial charge in [-0.15, -0.1) is 0 Å². The molecule has 0 N–H and O–H groups in total. The molecule has 25 heavy (non-hydrogen) atoms. The van der Waals surface area contributed by atoms with Crippen LogP contribution in [0.15, 0.2) is 40.8 Å². The molecule has 126 valence electrons. The van der Waals surface area contributed by atoms with Gasteiger partial charge in [0.2, 0.25) is 6.20 Å². The van der Waals surface area contributed by atoms with Gasteiger partial charge in [-0.3, -0.25) is 4.81 Å². The van der Waals surface area contributed by atoms with Crippen LogP contribution in [0.4, 0.5) is 5.82 Å². The van der Waals surface area contributed by atoms with Gasteiger partial charge >= 0.3 is 6.85 Å². The van der Waals surface area contributed by atoms with Crippen LogP contribution in [0.1, 0.15) is 27.7 Å². The number of hydrogen-bond acceptors (Lipinski definition) is 2. The van der Waals surface area contributed by atoms with Gasteiger partial charge in [-0.2, -0.15) is 0 Å². The molecule has 1 aliphatic heterocycles. The number of anilines is 1. The zero-order valence-corrected chi connectivity index (χ0v) is 15.3. The minimum Gasteiger partial charge on any atom is -0.459 e. The van der Waals surface area contributed by atoms with Gasteiger partial charge in [0.15, 0.2) is 11.8 Å². The maximum Gasteiger partial charge on any atom is 0.447 e. The van der Waals surface area contributed by atoms with Crippen molar-refractivity contribution in [1.82, 2.24) is 0 Å². The number of allylic oxidation sites excluding steroid dienone is 1. The summed E-state index contributed by atoms with van der Waals surface area (Å²) in [4.78, 5) is 2.20. The smallest absolute Gasteiger partial charge is 0.447 e. The zero-order chi connectivity index (χ0) is 20.4. The number of aryl methyl sites for hydroxylation is 4. The van der Waals surface area contributed by atoms with Crippen LogP contribution in [-0.2, 0) is 14.1 Å². The lowest BCUT2D eigenvalue weighted by Gasteiger charge is -2.26. The quantitative estimate of drug-likeness (QED) is 0.503. The lowest BCUT2D eigenvalue weighted by atomic mass is 9.57. The highest BCUT2D eigenvalue weighted by Crippen LogP contribution is 2.29. The summed E-state index contributed by atoms with van der Waals surface area (Å²) in [5.41, 5.74) is 5.14. The van der Waals surface area contributed by atoms with Crippen molar-refractivity contribution >= 4 is 35.4 Å². The number of rotatable bonds is 1. The second kappa shape index (κ2) is 5.48. The van der Waals surface area contributed by atoms with Gasteiger partial charge in [0, 0.05) is 27.2 Å². The topological polar surface area (TPSA) is 24.1 Å². The molecule has 0 fully saturated rings. The summed E-state index contributed by atoms with van der Waals surface area (Å²) in [5.74, 6) is 0.934. The fraction of sp³-hybridized carbons (Fsp3) is 0.300. The molecule has 3 aromatic heterocycles. The molecule has 0 atom stereocenters. The predicted octanol–water partition coefficient (Wildman–Crippen LogP) is 2.41. The predicted molar refractivity (Wildman–Crippen MR) is 102 cm³/mol. The molecule has 3 aromatic rings. The first-order valence-corrected chi connectivity index (χ1v) is 8.48. The molecule has 0 bridgehead atoms.